The summed E-state index contributed by atoms with van der Waals surface area (Å²) in [5.41, 5.74) is 12.0. The first-order valence-electron chi connectivity index (χ1n) is 19.8. The molecule has 14 heteroatoms. The summed E-state index contributed by atoms with van der Waals surface area (Å²) in [6.07, 6.45) is 3.61. The molecule has 3 unspecified atom stereocenters. The molecule has 1 aliphatic rings. The van der Waals surface area contributed by atoms with E-state index in [0.717, 1.165) is 41.0 Å². The zero-order valence-electron chi connectivity index (χ0n) is 33.7. The van der Waals surface area contributed by atoms with Crippen molar-refractivity contribution >= 4 is 57.9 Å². The van der Waals surface area contributed by atoms with Gasteiger partial charge >= 0.3 is 0 Å². The van der Waals surface area contributed by atoms with Crippen molar-refractivity contribution in [2.45, 2.75) is 104 Å². The van der Waals surface area contributed by atoms with Crippen LogP contribution in [0.25, 0.3) is 10.4 Å². The number of nitrogen functional groups attached to an aromatic ring is 1. The zero-order chi connectivity index (χ0) is 41.8. The smallest absolute Gasteiger partial charge is 0.255 e. The number of β-amino-alcohol motifs (C(OH)–C–C–N with tert-alkyl or cyclic N) is 1. The van der Waals surface area contributed by atoms with Crippen LogP contribution in [0.1, 0.15) is 93.8 Å². The second kappa shape index (κ2) is 20.2. The number of carbonyl (C=O) groups is 5. The Bertz CT molecular complexity index is 2040. The predicted molar refractivity (Wildman–Crippen MR) is 228 cm³/mol. The number of thiazole rings is 1. The maximum atomic E-state index is 13.9. The third-order valence-corrected chi connectivity index (χ3v) is 11.1. The maximum absolute atomic E-state index is 13.9. The van der Waals surface area contributed by atoms with Crippen LogP contribution in [0.4, 0.5) is 17.1 Å². The molecule has 0 bridgehead atoms. The maximum Gasteiger partial charge on any atom is 0.255 e. The van der Waals surface area contributed by atoms with Crippen LogP contribution in [0.2, 0.25) is 0 Å². The summed E-state index contributed by atoms with van der Waals surface area (Å²) < 4.78 is 0. The Labute approximate surface area is 344 Å². The highest BCUT2D eigenvalue weighted by molar-refractivity contribution is 7.13. The first-order chi connectivity index (χ1) is 27.7. The second-order valence-corrected chi connectivity index (χ2v) is 16.7. The number of nitrogens with two attached hydrogens (primary N) is 1. The fourth-order valence-corrected chi connectivity index (χ4v) is 7.66. The molecular weight excluding hydrogens is 755 g/mol. The minimum atomic E-state index is -0.885. The van der Waals surface area contributed by atoms with Crippen LogP contribution in [0, 0.1) is 12.3 Å². The van der Waals surface area contributed by atoms with Crippen molar-refractivity contribution in [3.8, 4) is 10.4 Å². The van der Waals surface area contributed by atoms with E-state index in [1.165, 1.54) is 4.90 Å². The Morgan fingerprint density at radius 3 is 2.17 bits per heavy atom. The number of nitrogens with zero attached hydrogens (tertiary/aromatic N) is 2. The summed E-state index contributed by atoms with van der Waals surface area (Å²) in [4.78, 5) is 72.3. The number of benzene rings is 3. The number of amides is 5. The predicted octanol–water partition coefficient (Wildman–Crippen LogP) is 6.43. The van der Waals surface area contributed by atoms with Gasteiger partial charge in [-0.1, -0.05) is 76.4 Å². The lowest BCUT2D eigenvalue weighted by molar-refractivity contribution is -0.144. The van der Waals surface area contributed by atoms with E-state index in [1.807, 2.05) is 57.5 Å². The van der Waals surface area contributed by atoms with Gasteiger partial charge in [-0.3, -0.25) is 24.0 Å². The number of hydrogen-bond acceptors (Lipinski definition) is 9. The minimum absolute atomic E-state index is 0.0107. The van der Waals surface area contributed by atoms with Crippen molar-refractivity contribution in [2.24, 2.45) is 5.41 Å². The normalized spacial score (nSPS) is 15.7. The van der Waals surface area contributed by atoms with Crippen LogP contribution < -0.4 is 27.0 Å². The van der Waals surface area contributed by atoms with Gasteiger partial charge in [-0.25, -0.2) is 4.98 Å². The monoisotopic (exact) mass is 809 g/mol. The number of nitrogens with one attached hydrogen (secondary N) is 4. The molecule has 1 aromatic heterocycles. The molecule has 1 fully saturated rings. The average Bonchev–Trinajstić information content (AvgIpc) is 3.81. The Morgan fingerprint density at radius 1 is 0.879 bits per heavy atom. The number of rotatable bonds is 17. The van der Waals surface area contributed by atoms with Crippen molar-refractivity contribution in [3.05, 3.63) is 95.1 Å². The minimum Gasteiger partial charge on any atom is -0.397 e. The average molecular weight is 810 g/mol. The van der Waals surface area contributed by atoms with E-state index in [0.29, 0.717) is 41.9 Å². The first kappa shape index (κ1) is 43.5. The molecule has 7 N–H and O–H groups in total. The number of aliphatic hydroxyl groups excluding tert-OH is 1. The molecule has 0 aliphatic carbocycles. The van der Waals surface area contributed by atoms with Gasteiger partial charge < -0.3 is 37.0 Å². The number of anilines is 3. The van der Waals surface area contributed by atoms with E-state index in [1.54, 1.807) is 59.9 Å². The Hall–Kier alpha value is -5.60. The summed E-state index contributed by atoms with van der Waals surface area (Å²) in [6.45, 7) is 7.84. The lowest BCUT2D eigenvalue weighted by Crippen LogP contribution is -2.57. The first-order valence-corrected chi connectivity index (χ1v) is 20.7. The van der Waals surface area contributed by atoms with Gasteiger partial charge in [0.1, 0.15) is 12.1 Å². The Morgan fingerprint density at radius 2 is 1.53 bits per heavy atom. The van der Waals surface area contributed by atoms with Crippen molar-refractivity contribution < 1.29 is 29.1 Å². The van der Waals surface area contributed by atoms with E-state index in [4.69, 9.17) is 5.73 Å². The molecule has 0 saturated carbocycles. The van der Waals surface area contributed by atoms with Gasteiger partial charge in [0.15, 0.2) is 0 Å². The molecule has 1 aliphatic heterocycles. The highest BCUT2D eigenvalue weighted by atomic mass is 32.1. The molecule has 5 rings (SSSR count). The number of aromatic nitrogens is 1. The van der Waals surface area contributed by atoms with E-state index in [2.05, 4.69) is 26.3 Å². The summed E-state index contributed by atoms with van der Waals surface area (Å²) in [5.74, 6) is -1.42. The Kier molecular flexibility index (Phi) is 15.2. The number of unbranched alkanes of at least 4 members (excludes halogenated alkanes) is 4. The van der Waals surface area contributed by atoms with E-state index in [-0.39, 0.29) is 49.6 Å². The fourth-order valence-electron chi connectivity index (χ4n) is 6.85. The molecule has 2 heterocycles. The van der Waals surface area contributed by atoms with Gasteiger partial charge in [-0.05, 0) is 72.7 Å². The second-order valence-electron chi connectivity index (χ2n) is 15.9. The van der Waals surface area contributed by atoms with Gasteiger partial charge in [0.05, 0.1) is 33.6 Å². The molecule has 0 spiro atoms. The highest BCUT2D eigenvalue weighted by Crippen LogP contribution is 2.29. The highest BCUT2D eigenvalue weighted by Gasteiger charge is 2.44. The SMILES string of the molecule is Cc1ncsc1-c1ccc(CNC(=O)C2CC(O)CN2C(=O)C(NC(=O)CCCCCCCC(=O)Nc2ccc(C(=O)Nc3ccccc3N)cc2)C(C)(C)C)cc1. The zero-order valence-corrected chi connectivity index (χ0v) is 34.5. The number of para-hydroxylation sites is 2. The molecule has 3 aromatic carbocycles. The molecule has 13 nitrogen and oxygen atoms in total. The van der Waals surface area contributed by atoms with Crippen LogP contribution in [0.15, 0.2) is 78.3 Å². The van der Waals surface area contributed by atoms with Crippen LogP contribution in [0.5, 0.6) is 0 Å². The number of carbonyl (C=O) groups excluding carboxylic acids is 5. The number of aryl methyl sites for hydroxylation is 1. The summed E-state index contributed by atoms with van der Waals surface area (Å²) in [6, 6.07) is 19.8. The summed E-state index contributed by atoms with van der Waals surface area (Å²) in [7, 11) is 0. The Balaban J connectivity index is 1.00. The molecular formula is C44H55N7O6S. The van der Waals surface area contributed by atoms with Gasteiger partial charge in [0.2, 0.25) is 23.6 Å². The van der Waals surface area contributed by atoms with Gasteiger partial charge in [-0.2, -0.15) is 0 Å². The van der Waals surface area contributed by atoms with Gasteiger partial charge in [0.25, 0.3) is 5.91 Å². The molecule has 5 amide bonds. The molecule has 1 saturated heterocycles. The van der Waals surface area contributed by atoms with E-state index < -0.39 is 29.5 Å². The quantitative estimate of drug-likeness (QED) is 0.0518. The van der Waals surface area contributed by atoms with Crippen LogP contribution >= 0.6 is 11.3 Å². The van der Waals surface area contributed by atoms with Crippen LogP contribution in [0.3, 0.4) is 0 Å². The lowest BCUT2D eigenvalue weighted by Gasteiger charge is -2.35. The lowest BCUT2D eigenvalue weighted by atomic mass is 9.85. The number of aliphatic hydroxyl groups is 1. The van der Waals surface area contributed by atoms with Crippen molar-refractivity contribution in [2.75, 3.05) is 22.9 Å². The van der Waals surface area contributed by atoms with Crippen molar-refractivity contribution in [3.63, 3.8) is 0 Å². The standard InChI is InChI=1S/C44H55N7O6S/c1-28-39(58-27-47-28)30-18-16-29(17-19-30)25-46-42(56)36-24-33(52)26-51(36)43(57)40(44(2,3)4)50-38(54)15-9-7-5-6-8-14-37(53)48-32-22-20-31(21-23-32)41(55)49-35-13-11-10-12-34(35)45/h10-13,16-23,27,33,36,40,52H,5-9,14-15,24-26,45H2,1-4H3,(H,46,56)(H,48,53)(H,49,55)(H,50,54). The molecule has 0 radical (unpaired) electrons. The topological polar surface area (TPSA) is 196 Å². The van der Waals surface area contributed by atoms with E-state index >= 15 is 0 Å². The molecule has 4 aromatic rings. The largest absolute Gasteiger partial charge is 0.397 e. The third-order valence-electron chi connectivity index (χ3n) is 10.2. The number of likely N-dealkylation sites (tertiary alicyclic amines) is 1. The van der Waals surface area contributed by atoms with Crippen molar-refractivity contribution in [1.29, 1.82) is 0 Å². The van der Waals surface area contributed by atoms with E-state index in [9.17, 15) is 29.1 Å². The summed E-state index contributed by atoms with van der Waals surface area (Å²) >= 11 is 1.57. The molecule has 3 atom stereocenters. The number of hydrogen-bond donors (Lipinski definition) is 6. The molecule has 58 heavy (non-hydrogen) atoms. The van der Waals surface area contributed by atoms with Crippen LogP contribution in [-0.4, -0.2) is 69.3 Å². The van der Waals surface area contributed by atoms with Gasteiger partial charge in [0, 0.05) is 43.6 Å². The van der Waals surface area contributed by atoms with Crippen molar-refractivity contribution in [1.82, 2.24) is 20.5 Å². The molecule has 308 valence electrons. The fraction of sp³-hybridized carbons (Fsp3) is 0.409. The summed E-state index contributed by atoms with van der Waals surface area (Å²) in [5, 5.41) is 22.0. The van der Waals surface area contributed by atoms with Gasteiger partial charge in [-0.15, -0.1) is 11.3 Å². The van der Waals surface area contributed by atoms with Crippen LogP contribution in [-0.2, 0) is 25.7 Å². The third kappa shape index (κ3) is 12.2.